The van der Waals surface area contributed by atoms with Crippen LogP contribution in [-0.4, -0.2) is 46.0 Å². The molecular formula is C10H19N7O2. The topological polar surface area (TPSA) is 122 Å². The fourth-order valence-corrected chi connectivity index (χ4v) is 1.32. The number of hydrazine groups is 1. The Morgan fingerprint density at radius 2 is 2.26 bits per heavy atom. The first kappa shape index (κ1) is 15.1. The number of nitrogens with one attached hydrogen (secondary N) is 2. The zero-order chi connectivity index (χ0) is 14.4. The maximum atomic E-state index is 10.9. The number of nitrogens with zero attached hydrogens (tertiary/aromatic N) is 4. The van der Waals surface area contributed by atoms with E-state index in [0.717, 1.165) is 12.7 Å². The van der Waals surface area contributed by atoms with Crippen molar-refractivity contribution in [1.82, 2.24) is 14.9 Å². The first-order valence-electron chi connectivity index (χ1n) is 5.88. The lowest BCUT2D eigenvalue weighted by Gasteiger charge is -2.20. The molecule has 0 fully saturated rings. The van der Waals surface area contributed by atoms with Crippen molar-refractivity contribution < 1.29 is 4.92 Å². The van der Waals surface area contributed by atoms with Crippen molar-refractivity contribution in [1.29, 1.82) is 0 Å². The molecule has 1 rings (SSSR count). The molecule has 0 spiro atoms. The summed E-state index contributed by atoms with van der Waals surface area (Å²) in [5.41, 5.74) is 2.08. The second kappa shape index (κ2) is 6.81. The van der Waals surface area contributed by atoms with Crippen LogP contribution in [0.3, 0.4) is 0 Å². The van der Waals surface area contributed by atoms with Crippen molar-refractivity contribution in [3.63, 3.8) is 0 Å². The van der Waals surface area contributed by atoms with E-state index in [9.17, 15) is 10.1 Å². The summed E-state index contributed by atoms with van der Waals surface area (Å²) in [7, 11) is 1.98. The Hall–Kier alpha value is -2.00. The molecule has 4 N–H and O–H groups in total. The van der Waals surface area contributed by atoms with Gasteiger partial charge in [0.15, 0.2) is 0 Å². The molecule has 19 heavy (non-hydrogen) atoms. The molecule has 9 nitrogen and oxygen atoms in total. The quantitative estimate of drug-likeness (QED) is 0.370. The highest BCUT2D eigenvalue weighted by Crippen LogP contribution is 2.21. The average Bonchev–Trinajstić information content (AvgIpc) is 2.37. The zero-order valence-corrected chi connectivity index (χ0v) is 11.3. The van der Waals surface area contributed by atoms with Gasteiger partial charge in [0.25, 0.3) is 0 Å². The van der Waals surface area contributed by atoms with Crippen LogP contribution in [0.15, 0.2) is 6.20 Å². The van der Waals surface area contributed by atoms with Gasteiger partial charge in [-0.3, -0.25) is 15.5 Å². The Balaban J connectivity index is 2.72. The molecular weight excluding hydrogens is 250 g/mol. The van der Waals surface area contributed by atoms with Gasteiger partial charge >= 0.3 is 5.69 Å². The first-order valence-corrected chi connectivity index (χ1v) is 5.88. The average molecular weight is 269 g/mol. The van der Waals surface area contributed by atoms with Crippen molar-refractivity contribution in [2.75, 3.05) is 30.9 Å². The zero-order valence-electron chi connectivity index (χ0n) is 11.3. The summed E-state index contributed by atoms with van der Waals surface area (Å²) in [5.74, 6) is 5.47. The van der Waals surface area contributed by atoms with E-state index in [4.69, 9.17) is 5.84 Å². The van der Waals surface area contributed by atoms with E-state index in [-0.39, 0.29) is 17.5 Å². The summed E-state index contributed by atoms with van der Waals surface area (Å²) >= 11 is 0. The summed E-state index contributed by atoms with van der Waals surface area (Å²) < 4.78 is 0. The second-order valence-electron chi connectivity index (χ2n) is 4.33. The van der Waals surface area contributed by atoms with Crippen LogP contribution >= 0.6 is 0 Å². The van der Waals surface area contributed by atoms with E-state index in [1.165, 1.54) is 0 Å². The van der Waals surface area contributed by atoms with E-state index < -0.39 is 4.92 Å². The molecule has 0 aromatic carbocycles. The minimum atomic E-state index is -0.533. The summed E-state index contributed by atoms with van der Waals surface area (Å²) in [6, 6.07) is 0.406. The molecule has 0 aliphatic rings. The van der Waals surface area contributed by atoms with E-state index in [1.54, 1.807) is 0 Å². The predicted octanol–water partition coefficient (Wildman–Crippen LogP) is 0.423. The van der Waals surface area contributed by atoms with Crippen molar-refractivity contribution in [3.05, 3.63) is 16.3 Å². The summed E-state index contributed by atoms with van der Waals surface area (Å²) in [5, 5.41) is 13.8. The van der Waals surface area contributed by atoms with Gasteiger partial charge in [-0.1, -0.05) is 0 Å². The van der Waals surface area contributed by atoms with Gasteiger partial charge in [-0.15, -0.1) is 0 Å². The number of likely N-dealkylation sites (N-methyl/N-ethyl adjacent to an activating group) is 1. The molecule has 0 radical (unpaired) electrons. The highest BCUT2D eigenvalue weighted by Gasteiger charge is 2.16. The molecule has 0 amide bonds. The molecule has 106 valence electrons. The molecule has 0 bridgehead atoms. The van der Waals surface area contributed by atoms with Gasteiger partial charge in [0, 0.05) is 19.1 Å². The van der Waals surface area contributed by atoms with Gasteiger partial charge in [-0.25, -0.2) is 10.8 Å². The Morgan fingerprint density at radius 1 is 1.58 bits per heavy atom. The maximum Gasteiger partial charge on any atom is 0.329 e. The lowest BCUT2D eigenvalue weighted by atomic mass is 10.3. The lowest BCUT2D eigenvalue weighted by molar-refractivity contribution is -0.384. The summed E-state index contributed by atoms with van der Waals surface area (Å²) in [4.78, 5) is 20.1. The van der Waals surface area contributed by atoms with Crippen molar-refractivity contribution in [2.45, 2.75) is 19.9 Å². The van der Waals surface area contributed by atoms with Gasteiger partial charge in [0.2, 0.25) is 11.8 Å². The Bertz CT molecular complexity index is 438. The van der Waals surface area contributed by atoms with Crippen molar-refractivity contribution in [2.24, 2.45) is 5.84 Å². The highest BCUT2D eigenvalue weighted by molar-refractivity contribution is 5.56. The number of aromatic nitrogens is 2. The molecule has 1 aromatic heterocycles. The number of anilines is 2. The number of hydrogen-bond donors (Lipinski definition) is 3. The van der Waals surface area contributed by atoms with Gasteiger partial charge in [0.05, 0.1) is 4.92 Å². The molecule has 1 heterocycles. The minimum absolute atomic E-state index is 0.130. The third-order valence-corrected chi connectivity index (χ3v) is 2.73. The molecule has 0 aliphatic heterocycles. The number of rotatable bonds is 7. The molecule has 0 atom stereocenters. The number of nitro groups is 1. The van der Waals surface area contributed by atoms with Crippen LogP contribution in [0.5, 0.6) is 0 Å². The van der Waals surface area contributed by atoms with E-state index in [0.29, 0.717) is 12.6 Å². The van der Waals surface area contributed by atoms with Crippen LogP contribution in [0, 0.1) is 10.1 Å². The van der Waals surface area contributed by atoms with Gasteiger partial charge in [0.1, 0.15) is 6.20 Å². The van der Waals surface area contributed by atoms with Crippen molar-refractivity contribution in [3.8, 4) is 0 Å². The van der Waals surface area contributed by atoms with Crippen LogP contribution in [0.1, 0.15) is 13.8 Å². The largest absolute Gasteiger partial charge is 0.363 e. The number of nitrogen functional groups attached to an aromatic ring is 1. The third kappa shape index (κ3) is 4.30. The number of nitrogens with two attached hydrogens (primary N) is 1. The number of hydrogen-bond acceptors (Lipinski definition) is 8. The SMILES string of the molecule is CC(C)N(C)CCNc1nc(NN)ncc1[N+](=O)[O-]. The van der Waals surface area contributed by atoms with Crippen LogP contribution in [0.25, 0.3) is 0 Å². The molecule has 9 heteroatoms. The van der Waals surface area contributed by atoms with Crippen LogP contribution in [0.4, 0.5) is 17.5 Å². The fourth-order valence-electron chi connectivity index (χ4n) is 1.32. The van der Waals surface area contributed by atoms with Gasteiger partial charge < -0.3 is 10.2 Å². The standard InChI is InChI=1S/C10H19N7O2/c1-7(2)16(3)5-4-12-9-8(17(18)19)6-13-10(14-9)15-11/h6-7H,4-5,11H2,1-3H3,(H2,12,13,14,15). The Labute approximate surface area is 111 Å². The molecule has 0 saturated carbocycles. The van der Waals surface area contributed by atoms with Crippen molar-refractivity contribution >= 4 is 17.5 Å². The van der Waals surface area contributed by atoms with E-state index in [1.807, 2.05) is 7.05 Å². The molecule has 1 aromatic rings. The Kier molecular flexibility index (Phi) is 5.39. The maximum absolute atomic E-state index is 10.9. The predicted molar refractivity (Wildman–Crippen MR) is 72.8 cm³/mol. The van der Waals surface area contributed by atoms with E-state index in [2.05, 4.69) is 39.5 Å². The normalized spacial score (nSPS) is 10.8. The second-order valence-corrected chi connectivity index (χ2v) is 4.33. The Morgan fingerprint density at radius 3 is 2.79 bits per heavy atom. The summed E-state index contributed by atoms with van der Waals surface area (Å²) in [6.07, 6.45) is 1.12. The van der Waals surface area contributed by atoms with E-state index >= 15 is 0 Å². The highest BCUT2D eigenvalue weighted by atomic mass is 16.6. The van der Waals surface area contributed by atoms with Crippen LogP contribution < -0.4 is 16.6 Å². The molecule has 0 aliphatic carbocycles. The monoisotopic (exact) mass is 269 g/mol. The molecule has 0 saturated heterocycles. The van der Waals surface area contributed by atoms with Gasteiger partial charge in [-0.2, -0.15) is 4.98 Å². The van der Waals surface area contributed by atoms with Gasteiger partial charge in [-0.05, 0) is 20.9 Å². The third-order valence-electron chi connectivity index (χ3n) is 2.73. The fraction of sp³-hybridized carbons (Fsp3) is 0.600. The minimum Gasteiger partial charge on any atom is -0.363 e. The lowest BCUT2D eigenvalue weighted by Crippen LogP contribution is -2.31. The molecule has 0 unspecified atom stereocenters. The first-order chi connectivity index (χ1) is 8.95. The van der Waals surface area contributed by atoms with Crippen LogP contribution in [-0.2, 0) is 0 Å². The smallest absolute Gasteiger partial charge is 0.329 e. The summed E-state index contributed by atoms with van der Waals surface area (Å²) in [6.45, 7) is 5.42. The van der Waals surface area contributed by atoms with Crippen LogP contribution in [0.2, 0.25) is 0 Å².